The van der Waals surface area contributed by atoms with E-state index in [2.05, 4.69) is 34.6 Å². The fraction of sp³-hybridized carbons (Fsp3) is 0.451. The molecule has 0 atom stereocenters. The number of aromatic hydroxyl groups is 1. The predicted octanol–water partition coefficient (Wildman–Crippen LogP) is 11.5. The Hall–Kier alpha value is -4.78. The van der Waals surface area contributed by atoms with E-state index in [0.717, 1.165) is 42.1 Å². The molecule has 2 aliphatic rings. The van der Waals surface area contributed by atoms with Crippen LogP contribution >= 0.6 is 23.2 Å². The number of hydrogen-bond acceptors (Lipinski definition) is 11. The number of carbonyl (C=O) groups excluding carboxylic acids is 2. The van der Waals surface area contributed by atoms with Crippen LogP contribution in [0.5, 0.6) is 17.2 Å². The zero-order valence-electron chi connectivity index (χ0n) is 38.1. The van der Waals surface area contributed by atoms with E-state index in [1.165, 1.54) is 37.1 Å². The average Bonchev–Trinajstić information content (AvgIpc) is 3.27. The molecule has 3 aromatic rings. The number of benzene rings is 3. The number of allylic oxidation sites excluding steroid dienone is 6. The van der Waals surface area contributed by atoms with Crippen molar-refractivity contribution in [2.75, 3.05) is 75.7 Å². The Morgan fingerprint density at radius 1 is 0.625 bits per heavy atom. The zero-order valence-corrected chi connectivity index (χ0v) is 39.6. The highest BCUT2D eigenvalue weighted by atomic mass is 35.5. The minimum absolute atomic E-state index is 0.0268. The quantitative estimate of drug-likeness (QED) is 0.0560. The lowest BCUT2D eigenvalue weighted by Gasteiger charge is -2.30. The van der Waals surface area contributed by atoms with Crippen molar-refractivity contribution < 1.29 is 43.5 Å². The number of aliphatic hydroxyl groups excluding tert-OH is 1. The maximum Gasteiger partial charge on any atom is 0.202 e. The number of unbranched alkanes of at least 4 members (excludes halogenated alkanes) is 3. The number of phenolic OH excluding ortho intramolecular Hbond substituents is 1. The Labute approximate surface area is 388 Å². The van der Waals surface area contributed by atoms with Crippen LogP contribution in [0.25, 0.3) is 5.57 Å². The van der Waals surface area contributed by atoms with Gasteiger partial charge in [0, 0.05) is 61.0 Å². The van der Waals surface area contributed by atoms with E-state index in [1.54, 1.807) is 0 Å². The van der Waals surface area contributed by atoms with Gasteiger partial charge in [-0.05, 0) is 85.4 Å². The molecule has 2 aliphatic carbocycles. The molecule has 64 heavy (non-hydrogen) atoms. The maximum atomic E-state index is 13.9. The van der Waals surface area contributed by atoms with E-state index in [4.69, 9.17) is 46.9 Å². The van der Waals surface area contributed by atoms with E-state index in [-0.39, 0.29) is 38.1 Å². The summed E-state index contributed by atoms with van der Waals surface area (Å²) in [6.45, 7) is 17.3. The largest absolute Gasteiger partial charge is 0.507 e. The Bertz CT molecular complexity index is 2160. The van der Waals surface area contributed by atoms with E-state index in [1.807, 2.05) is 65.3 Å². The number of nitrogens with zero attached hydrogens (tertiary/aromatic N) is 2. The van der Waals surface area contributed by atoms with Gasteiger partial charge >= 0.3 is 0 Å². The molecule has 0 bridgehead atoms. The lowest BCUT2D eigenvalue weighted by atomic mass is 9.79. The molecule has 0 saturated heterocycles. The van der Waals surface area contributed by atoms with Gasteiger partial charge in [-0.2, -0.15) is 0 Å². The number of ether oxygens (including phenoxy) is 5. The topological polar surface area (TPSA) is 127 Å². The molecule has 0 aromatic heterocycles. The number of hydrogen-bond donors (Lipinski definition) is 2. The Morgan fingerprint density at radius 3 is 1.75 bits per heavy atom. The van der Waals surface area contributed by atoms with Crippen molar-refractivity contribution >= 4 is 57.4 Å². The Balaban J connectivity index is 1.38. The lowest BCUT2D eigenvalue weighted by Crippen LogP contribution is -2.30. The summed E-state index contributed by atoms with van der Waals surface area (Å²) in [5.74, 6) is 0.292. The third-order valence-electron chi connectivity index (χ3n) is 10.4. The maximum absolute atomic E-state index is 13.9. The second kappa shape index (κ2) is 25.1. The molecule has 0 radical (unpaired) electrons. The summed E-state index contributed by atoms with van der Waals surface area (Å²) < 4.78 is 29.2. The summed E-state index contributed by atoms with van der Waals surface area (Å²) in [6.07, 6.45) is 8.16. The predicted molar refractivity (Wildman–Crippen MR) is 257 cm³/mol. The number of anilines is 3. The molecule has 13 heteroatoms. The number of ketones is 2. The summed E-state index contributed by atoms with van der Waals surface area (Å²) in [4.78, 5) is 31.5. The highest BCUT2D eigenvalue weighted by Crippen LogP contribution is 2.46. The van der Waals surface area contributed by atoms with Crippen molar-refractivity contribution in [1.29, 1.82) is 0 Å². The molecule has 346 valence electrons. The molecule has 2 N–H and O–H groups in total. The second-order valence-electron chi connectivity index (χ2n) is 16.6. The summed E-state index contributed by atoms with van der Waals surface area (Å²) >= 11 is 13.8. The fourth-order valence-electron chi connectivity index (χ4n) is 7.06. The molecule has 0 fully saturated rings. The van der Waals surface area contributed by atoms with Crippen LogP contribution in [0.3, 0.4) is 0 Å². The third kappa shape index (κ3) is 13.6. The van der Waals surface area contributed by atoms with Gasteiger partial charge in [0.25, 0.3) is 0 Å². The summed E-state index contributed by atoms with van der Waals surface area (Å²) in [5.41, 5.74) is 2.01. The smallest absolute Gasteiger partial charge is 0.202 e. The number of halogens is 2. The van der Waals surface area contributed by atoms with Crippen LogP contribution < -0.4 is 19.3 Å². The normalized spacial score (nSPS) is 15.2. The molecule has 0 saturated carbocycles. The Morgan fingerprint density at radius 2 is 1.19 bits per heavy atom. The molecule has 5 rings (SSSR count). The lowest BCUT2D eigenvalue weighted by molar-refractivity contribution is -0.114. The van der Waals surface area contributed by atoms with E-state index < -0.39 is 17.3 Å². The first-order valence-corrected chi connectivity index (χ1v) is 23.2. The van der Waals surface area contributed by atoms with E-state index in [0.29, 0.717) is 89.2 Å². The van der Waals surface area contributed by atoms with Crippen molar-refractivity contribution in [1.82, 2.24) is 0 Å². The van der Waals surface area contributed by atoms with Gasteiger partial charge in [0.1, 0.15) is 23.0 Å². The number of Topliss-reactive ketones (excluding diaryl/α,β-unsaturated/α-hetero) is 1. The molecule has 0 amide bonds. The molecule has 11 nitrogen and oxygen atoms in total. The van der Waals surface area contributed by atoms with Crippen LogP contribution in [0.1, 0.15) is 79.2 Å². The van der Waals surface area contributed by atoms with Crippen LogP contribution in [-0.4, -0.2) is 87.7 Å². The van der Waals surface area contributed by atoms with Gasteiger partial charge in [-0.3, -0.25) is 9.59 Å². The Kier molecular flexibility index (Phi) is 19.7. The van der Waals surface area contributed by atoms with Crippen LogP contribution in [-0.2, 0) is 23.8 Å². The first-order valence-electron chi connectivity index (χ1n) is 22.5. The molecular weight excluding hydrogens is 855 g/mol. The van der Waals surface area contributed by atoms with Crippen molar-refractivity contribution in [3.63, 3.8) is 0 Å². The van der Waals surface area contributed by atoms with Crippen molar-refractivity contribution in [3.8, 4) is 17.2 Å². The molecule has 0 aliphatic heterocycles. The minimum atomic E-state index is -0.630. The van der Waals surface area contributed by atoms with Crippen LogP contribution in [0.4, 0.5) is 17.1 Å². The number of aliphatic hydroxyl groups is 1. The van der Waals surface area contributed by atoms with Crippen LogP contribution in [0.2, 0.25) is 5.02 Å². The van der Waals surface area contributed by atoms with Gasteiger partial charge < -0.3 is 43.7 Å². The minimum Gasteiger partial charge on any atom is -0.507 e. The van der Waals surface area contributed by atoms with Crippen LogP contribution in [0.15, 0.2) is 100 Å². The van der Waals surface area contributed by atoms with Gasteiger partial charge in [-0.1, -0.05) is 84.0 Å². The third-order valence-corrected chi connectivity index (χ3v) is 11.0. The first kappa shape index (κ1) is 50.2. The number of carbonyl (C=O) groups is 2. The van der Waals surface area contributed by atoms with Crippen molar-refractivity contribution in [2.24, 2.45) is 11.8 Å². The highest BCUT2D eigenvalue weighted by Gasteiger charge is 2.41. The average molecular weight is 920 g/mol. The number of rotatable bonds is 27. The molecule has 0 unspecified atom stereocenters. The zero-order chi connectivity index (χ0) is 46.2. The van der Waals surface area contributed by atoms with Gasteiger partial charge in [0.15, 0.2) is 5.78 Å². The van der Waals surface area contributed by atoms with Gasteiger partial charge in [0.2, 0.25) is 5.78 Å². The fourth-order valence-corrected chi connectivity index (χ4v) is 7.60. The second-order valence-corrected chi connectivity index (χ2v) is 17.5. The standard InChI is InChI=1S/C51H64Cl2N2O9/c1-7-9-10-11-23-61-26-27-62-25-21-55(37-14-18-39(19-15-37)64-33-35(5)6)45-31-47(57)41(29-43(45)53)49-50(58)48(51(49)59)40-28-42(52)44(30-46(40)56)54(20-24-60-22-8-2)36-12-16-38(17-13-36)63-32-34(3)4/h12-19,28-31,34-35,57-58H,7-11,20-27,32-33H2,1-6H3. The molecule has 0 heterocycles. The monoisotopic (exact) mass is 918 g/mol. The molecular formula is C51H64Cl2N2O9. The van der Waals surface area contributed by atoms with Crippen molar-refractivity contribution in [2.45, 2.75) is 73.6 Å². The van der Waals surface area contributed by atoms with Crippen LogP contribution in [0, 0.1) is 11.8 Å². The van der Waals surface area contributed by atoms with E-state index in [9.17, 15) is 19.8 Å². The molecule has 3 aromatic carbocycles. The number of phenols is 1. The SMILES string of the molecule is CCCCCCOCCOCCN(c1ccc(OCC(C)C)cc1)c1cc(O)c(C2=C(O)C(=C3C=C(Cl)C(N(CCOCCC)c4ccc(OCC(C)C)cc4)=CC3=O)C2=O)cc1Cl. The van der Waals surface area contributed by atoms with Gasteiger partial charge in [-0.25, -0.2) is 0 Å². The summed E-state index contributed by atoms with van der Waals surface area (Å²) in [6, 6.07) is 17.9. The van der Waals surface area contributed by atoms with Gasteiger partial charge in [-0.15, -0.1) is 0 Å². The molecule has 0 spiro atoms. The highest BCUT2D eigenvalue weighted by molar-refractivity contribution is 6.43. The van der Waals surface area contributed by atoms with Gasteiger partial charge in [0.05, 0.1) is 72.2 Å². The van der Waals surface area contributed by atoms with E-state index >= 15 is 0 Å². The summed E-state index contributed by atoms with van der Waals surface area (Å²) in [5, 5.41) is 23.3. The van der Waals surface area contributed by atoms with Crippen molar-refractivity contribution in [3.05, 3.63) is 111 Å². The summed E-state index contributed by atoms with van der Waals surface area (Å²) in [7, 11) is 0. The first-order chi connectivity index (χ1) is 30.8.